The second-order valence-corrected chi connectivity index (χ2v) is 2.69. The van der Waals surface area contributed by atoms with Crippen LogP contribution in [0.15, 0.2) is 18.2 Å². The Hall–Kier alpha value is -1.58. The quantitative estimate of drug-likeness (QED) is 0.598. The number of nitrogen functional groups attached to an aromatic ring is 1. The Morgan fingerprint density at radius 1 is 1.50 bits per heavy atom. The van der Waals surface area contributed by atoms with E-state index in [0.29, 0.717) is 16.6 Å². The monoisotopic (exact) mass is 165 g/mol. The van der Waals surface area contributed by atoms with Crippen molar-refractivity contribution in [1.29, 1.82) is 0 Å². The van der Waals surface area contributed by atoms with Gasteiger partial charge in [0.25, 0.3) is 0 Å². The number of nitrogens with two attached hydrogens (primary N) is 1. The molecular weight excluding hydrogens is 157 g/mol. The molecule has 2 N–H and O–H groups in total. The minimum atomic E-state index is -0.451. The number of anilines is 1. The van der Waals surface area contributed by atoms with E-state index < -0.39 is 5.95 Å². The first-order chi connectivity index (χ1) is 5.68. The van der Waals surface area contributed by atoms with Gasteiger partial charge in [-0.2, -0.15) is 4.39 Å². The molecule has 62 valence electrons. The lowest BCUT2D eigenvalue weighted by Crippen LogP contribution is -1.90. The van der Waals surface area contributed by atoms with E-state index in [9.17, 15) is 4.39 Å². The molecule has 0 unspecified atom stereocenters. The summed E-state index contributed by atoms with van der Waals surface area (Å²) in [5, 5.41) is 4.13. The van der Waals surface area contributed by atoms with Crippen LogP contribution >= 0.6 is 0 Å². The lowest BCUT2D eigenvalue weighted by atomic mass is 10.2. The van der Waals surface area contributed by atoms with Gasteiger partial charge in [0.2, 0.25) is 5.95 Å². The van der Waals surface area contributed by atoms with Gasteiger partial charge in [-0.1, -0.05) is 0 Å². The van der Waals surface area contributed by atoms with Gasteiger partial charge < -0.3 is 5.73 Å². The summed E-state index contributed by atoms with van der Waals surface area (Å²) in [7, 11) is 1.69. The zero-order valence-corrected chi connectivity index (χ0v) is 6.58. The van der Waals surface area contributed by atoms with Crippen LogP contribution in [0.2, 0.25) is 0 Å². The molecule has 0 aliphatic rings. The highest BCUT2D eigenvalue weighted by molar-refractivity contribution is 5.82. The van der Waals surface area contributed by atoms with E-state index >= 15 is 0 Å². The Balaban J connectivity index is 2.90. The molecule has 0 bridgehead atoms. The molecule has 0 radical (unpaired) electrons. The van der Waals surface area contributed by atoms with Gasteiger partial charge in [-0.25, -0.2) is 0 Å². The molecule has 0 fully saturated rings. The van der Waals surface area contributed by atoms with Gasteiger partial charge in [0, 0.05) is 12.7 Å². The number of benzene rings is 1. The summed E-state index contributed by atoms with van der Waals surface area (Å²) in [4.78, 5) is 0. The Kier molecular flexibility index (Phi) is 1.30. The predicted molar refractivity (Wildman–Crippen MR) is 45.1 cm³/mol. The van der Waals surface area contributed by atoms with Crippen molar-refractivity contribution in [3.63, 3.8) is 0 Å². The summed E-state index contributed by atoms with van der Waals surface area (Å²) in [6.07, 6.45) is 0. The molecule has 0 saturated carbocycles. The number of aryl methyl sites for hydroxylation is 1. The normalized spacial score (nSPS) is 10.8. The van der Waals surface area contributed by atoms with Crippen molar-refractivity contribution in [2.24, 2.45) is 7.05 Å². The van der Waals surface area contributed by atoms with Gasteiger partial charge in [-0.3, -0.25) is 4.68 Å². The predicted octanol–water partition coefficient (Wildman–Crippen LogP) is 1.29. The molecule has 2 aromatic rings. The molecule has 0 aliphatic carbocycles. The Morgan fingerprint density at radius 2 is 2.25 bits per heavy atom. The number of hydrogen-bond donors (Lipinski definition) is 1. The van der Waals surface area contributed by atoms with Crippen molar-refractivity contribution in [3.05, 3.63) is 24.1 Å². The van der Waals surface area contributed by atoms with Crippen LogP contribution in [0.1, 0.15) is 0 Å². The van der Waals surface area contributed by atoms with Gasteiger partial charge in [0.15, 0.2) is 0 Å². The van der Waals surface area contributed by atoms with Crippen LogP contribution in [-0.2, 0) is 7.05 Å². The molecule has 0 saturated heterocycles. The molecule has 3 nitrogen and oxygen atoms in total. The Labute approximate surface area is 68.6 Å². The highest BCUT2D eigenvalue weighted by Crippen LogP contribution is 2.18. The first-order valence-corrected chi connectivity index (χ1v) is 3.56. The maximum Gasteiger partial charge on any atom is 0.240 e. The standard InChI is InChI=1S/C8H8FN3/c1-12-7-4-5(10)2-3-6(7)8(9)11-12/h2-4H,10H2,1H3. The fourth-order valence-electron chi connectivity index (χ4n) is 1.23. The summed E-state index contributed by atoms with van der Waals surface area (Å²) in [5.74, 6) is -0.451. The number of rotatable bonds is 0. The van der Waals surface area contributed by atoms with Crippen molar-refractivity contribution in [1.82, 2.24) is 9.78 Å². The lowest BCUT2D eigenvalue weighted by Gasteiger charge is -1.94. The van der Waals surface area contributed by atoms with E-state index in [1.807, 2.05) is 0 Å². The molecule has 12 heavy (non-hydrogen) atoms. The third-order valence-electron chi connectivity index (χ3n) is 1.83. The average Bonchev–Trinajstić information content (AvgIpc) is 2.28. The van der Waals surface area contributed by atoms with E-state index in [0.717, 1.165) is 0 Å². The zero-order chi connectivity index (χ0) is 8.72. The molecular formula is C8H8FN3. The highest BCUT2D eigenvalue weighted by Gasteiger charge is 2.06. The summed E-state index contributed by atoms with van der Waals surface area (Å²) in [6, 6.07) is 4.99. The molecule has 0 atom stereocenters. The Bertz CT molecular complexity index is 433. The fourth-order valence-corrected chi connectivity index (χ4v) is 1.23. The molecule has 0 aliphatic heterocycles. The maximum absolute atomic E-state index is 13.0. The zero-order valence-electron chi connectivity index (χ0n) is 6.58. The van der Waals surface area contributed by atoms with Gasteiger partial charge >= 0.3 is 0 Å². The van der Waals surface area contributed by atoms with E-state index in [2.05, 4.69) is 5.10 Å². The SMILES string of the molecule is Cn1nc(F)c2ccc(N)cc21. The highest BCUT2D eigenvalue weighted by atomic mass is 19.1. The molecule has 0 amide bonds. The second-order valence-electron chi connectivity index (χ2n) is 2.69. The molecule has 1 aromatic carbocycles. The summed E-state index contributed by atoms with van der Waals surface area (Å²) in [5.41, 5.74) is 6.87. The number of aromatic nitrogens is 2. The largest absolute Gasteiger partial charge is 0.399 e. The van der Waals surface area contributed by atoms with Crippen LogP contribution < -0.4 is 5.73 Å². The first-order valence-electron chi connectivity index (χ1n) is 3.56. The summed E-state index contributed by atoms with van der Waals surface area (Å²) in [6.45, 7) is 0. The minimum absolute atomic E-state index is 0.451. The maximum atomic E-state index is 13.0. The number of fused-ring (bicyclic) bond motifs is 1. The van der Waals surface area contributed by atoms with Gasteiger partial charge in [-0.15, -0.1) is 5.10 Å². The van der Waals surface area contributed by atoms with Gasteiger partial charge in [0.05, 0.1) is 10.9 Å². The van der Waals surface area contributed by atoms with Crippen molar-refractivity contribution < 1.29 is 4.39 Å². The van der Waals surface area contributed by atoms with Gasteiger partial charge in [0.1, 0.15) is 0 Å². The third kappa shape index (κ3) is 0.845. The smallest absolute Gasteiger partial charge is 0.240 e. The third-order valence-corrected chi connectivity index (χ3v) is 1.83. The molecule has 2 rings (SSSR count). The minimum Gasteiger partial charge on any atom is -0.399 e. The Morgan fingerprint density at radius 3 is 3.00 bits per heavy atom. The van der Waals surface area contributed by atoms with E-state index in [1.165, 1.54) is 4.68 Å². The number of nitrogens with zero attached hydrogens (tertiary/aromatic N) is 2. The average molecular weight is 165 g/mol. The first kappa shape index (κ1) is 7.09. The van der Waals surface area contributed by atoms with Crippen LogP contribution in [0.25, 0.3) is 10.9 Å². The number of halogens is 1. The van der Waals surface area contributed by atoms with Crippen LogP contribution in [0.5, 0.6) is 0 Å². The lowest BCUT2D eigenvalue weighted by molar-refractivity contribution is 0.562. The van der Waals surface area contributed by atoms with Crippen molar-refractivity contribution >= 4 is 16.6 Å². The van der Waals surface area contributed by atoms with Gasteiger partial charge in [-0.05, 0) is 18.2 Å². The molecule has 0 spiro atoms. The topological polar surface area (TPSA) is 43.8 Å². The van der Waals surface area contributed by atoms with Crippen molar-refractivity contribution in [2.75, 3.05) is 5.73 Å². The van der Waals surface area contributed by atoms with E-state index in [-0.39, 0.29) is 0 Å². The van der Waals surface area contributed by atoms with Crippen LogP contribution in [0.3, 0.4) is 0 Å². The molecule has 1 heterocycles. The summed E-state index contributed by atoms with van der Waals surface area (Å²) < 4.78 is 14.4. The van der Waals surface area contributed by atoms with Crippen LogP contribution in [-0.4, -0.2) is 9.78 Å². The molecule has 1 aromatic heterocycles. The fraction of sp³-hybridized carbons (Fsp3) is 0.125. The second kappa shape index (κ2) is 2.20. The van der Waals surface area contributed by atoms with E-state index in [1.54, 1.807) is 25.2 Å². The number of hydrogen-bond acceptors (Lipinski definition) is 2. The van der Waals surface area contributed by atoms with Crippen molar-refractivity contribution in [3.8, 4) is 0 Å². The van der Waals surface area contributed by atoms with E-state index in [4.69, 9.17) is 5.73 Å². The molecule has 4 heteroatoms. The van der Waals surface area contributed by atoms with Crippen LogP contribution in [0, 0.1) is 5.95 Å². The van der Waals surface area contributed by atoms with Crippen molar-refractivity contribution in [2.45, 2.75) is 0 Å². The van der Waals surface area contributed by atoms with Crippen LogP contribution in [0.4, 0.5) is 10.1 Å². The summed E-state index contributed by atoms with van der Waals surface area (Å²) >= 11 is 0.